The Hall–Kier alpha value is -1.59. The minimum absolute atomic E-state index is 0. The summed E-state index contributed by atoms with van der Waals surface area (Å²) in [6.07, 6.45) is 2.61. The number of aryl methyl sites for hydroxylation is 3. The lowest BCUT2D eigenvalue weighted by Crippen LogP contribution is -2.41. The Morgan fingerprint density at radius 2 is 1.88 bits per heavy atom. The fourth-order valence-corrected chi connectivity index (χ4v) is 3.75. The van der Waals surface area contributed by atoms with Crippen molar-refractivity contribution >= 4 is 29.9 Å². The molecule has 25 heavy (non-hydrogen) atoms. The van der Waals surface area contributed by atoms with Crippen LogP contribution in [0.3, 0.4) is 0 Å². The zero-order valence-corrected chi connectivity index (χ0v) is 16.0. The highest BCUT2D eigenvalue weighted by molar-refractivity contribution is 6.01. The number of benzene rings is 1. The van der Waals surface area contributed by atoms with E-state index in [1.807, 2.05) is 13.8 Å². The second-order valence-corrected chi connectivity index (χ2v) is 7.40. The highest BCUT2D eigenvalue weighted by Crippen LogP contribution is 2.33. The molecule has 2 aliphatic rings. The molecule has 1 aromatic rings. The molecule has 1 heterocycles. The van der Waals surface area contributed by atoms with E-state index in [2.05, 4.69) is 24.4 Å². The van der Waals surface area contributed by atoms with Gasteiger partial charge in [0.15, 0.2) is 0 Å². The minimum atomic E-state index is -0.288. The predicted molar refractivity (Wildman–Crippen MR) is 102 cm³/mol. The number of carbonyl (C=O) groups is 2. The van der Waals surface area contributed by atoms with Crippen molar-refractivity contribution in [2.45, 2.75) is 46.1 Å². The summed E-state index contributed by atoms with van der Waals surface area (Å²) >= 11 is 0. The topological polar surface area (TPSA) is 75.4 Å². The summed E-state index contributed by atoms with van der Waals surface area (Å²) in [7, 11) is 0. The molecule has 0 bridgehead atoms. The van der Waals surface area contributed by atoms with Crippen LogP contribution in [0.2, 0.25) is 0 Å². The Kier molecular flexibility index (Phi) is 6.12. The normalized spacial score (nSPS) is 21.0. The number of amides is 2. The third kappa shape index (κ3) is 4.33. The van der Waals surface area contributed by atoms with E-state index in [9.17, 15) is 9.59 Å². The molecular formula is C19H28ClN3O2. The second kappa shape index (κ2) is 7.75. The number of nitrogens with one attached hydrogen (secondary N) is 1. The molecule has 1 aliphatic carbocycles. The number of nitrogens with two attached hydrogens (primary N) is 1. The van der Waals surface area contributed by atoms with Crippen molar-refractivity contribution < 1.29 is 9.59 Å². The number of hydrogen-bond donors (Lipinski definition) is 2. The van der Waals surface area contributed by atoms with Gasteiger partial charge in [-0.05, 0) is 50.7 Å². The largest absolute Gasteiger partial charge is 0.354 e. The molecule has 1 aromatic carbocycles. The van der Waals surface area contributed by atoms with Crippen LogP contribution < -0.4 is 16.0 Å². The smallest absolute Gasteiger partial charge is 0.227 e. The first-order chi connectivity index (χ1) is 11.4. The van der Waals surface area contributed by atoms with Crippen molar-refractivity contribution in [3.8, 4) is 0 Å². The second-order valence-electron chi connectivity index (χ2n) is 7.40. The zero-order valence-electron chi connectivity index (χ0n) is 15.2. The number of anilines is 1. The molecular weight excluding hydrogens is 338 g/mol. The van der Waals surface area contributed by atoms with Gasteiger partial charge in [-0.25, -0.2) is 0 Å². The van der Waals surface area contributed by atoms with Gasteiger partial charge in [0.05, 0.1) is 5.92 Å². The summed E-state index contributed by atoms with van der Waals surface area (Å²) in [5.41, 5.74) is 10.3. The van der Waals surface area contributed by atoms with Crippen LogP contribution in [-0.2, 0) is 9.59 Å². The molecule has 0 spiro atoms. The maximum absolute atomic E-state index is 12.5. The van der Waals surface area contributed by atoms with Gasteiger partial charge in [0.2, 0.25) is 11.8 Å². The third-order valence-corrected chi connectivity index (χ3v) is 5.14. The number of carbonyl (C=O) groups excluding carboxylic acids is 2. The van der Waals surface area contributed by atoms with Gasteiger partial charge in [-0.3, -0.25) is 9.59 Å². The Bertz CT molecular complexity index is 650. The van der Waals surface area contributed by atoms with Gasteiger partial charge in [0.25, 0.3) is 0 Å². The summed E-state index contributed by atoms with van der Waals surface area (Å²) in [6, 6.07) is 4.21. The Morgan fingerprint density at radius 1 is 1.28 bits per heavy atom. The van der Waals surface area contributed by atoms with E-state index in [-0.39, 0.29) is 42.6 Å². The Labute approximate surface area is 155 Å². The molecule has 1 aliphatic heterocycles. The van der Waals surface area contributed by atoms with Gasteiger partial charge in [0.1, 0.15) is 0 Å². The van der Waals surface area contributed by atoms with Gasteiger partial charge >= 0.3 is 0 Å². The van der Waals surface area contributed by atoms with E-state index in [1.54, 1.807) is 4.90 Å². The number of rotatable bonds is 5. The van der Waals surface area contributed by atoms with Crippen LogP contribution in [-0.4, -0.2) is 30.9 Å². The van der Waals surface area contributed by atoms with E-state index in [0.717, 1.165) is 16.8 Å². The summed E-state index contributed by atoms with van der Waals surface area (Å²) in [4.78, 5) is 26.6. The standard InChI is InChI=1S/C19H27N3O2.ClH/c1-11-6-12(2)18(13(3)7-11)22-10-15(8-17(22)23)19(24)21-9-16(20)14-4-5-14;/h6-7,14-16H,4-5,8-10,20H2,1-3H3,(H,21,24);1H. The molecule has 5 nitrogen and oxygen atoms in total. The van der Waals surface area contributed by atoms with Gasteiger partial charge < -0.3 is 16.0 Å². The van der Waals surface area contributed by atoms with Crippen LogP contribution in [0.15, 0.2) is 12.1 Å². The first-order valence-corrected chi connectivity index (χ1v) is 8.78. The molecule has 0 radical (unpaired) electrons. The molecule has 1 saturated carbocycles. The highest BCUT2D eigenvalue weighted by Gasteiger charge is 2.37. The summed E-state index contributed by atoms with van der Waals surface area (Å²) in [5.74, 6) is 0.245. The summed E-state index contributed by atoms with van der Waals surface area (Å²) in [5, 5.41) is 2.93. The van der Waals surface area contributed by atoms with E-state index >= 15 is 0 Å². The molecule has 3 rings (SSSR count). The average molecular weight is 366 g/mol. The van der Waals surface area contributed by atoms with Gasteiger partial charge in [-0.15, -0.1) is 12.4 Å². The van der Waals surface area contributed by atoms with Crippen LogP contribution in [0, 0.1) is 32.6 Å². The molecule has 138 valence electrons. The summed E-state index contributed by atoms with van der Waals surface area (Å²) in [6.45, 7) is 7.05. The average Bonchev–Trinajstić information content (AvgIpc) is 3.28. The SMILES string of the molecule is Cc1cc(C)c(N2CC(C(=O)NCC(N)C3CC3)CC2=O)c(C)c1.Cl. The zero-order chi connectivity index (χ0) is 17.4. The van der Waals surface area contributed by atoms with Gasteiger partial charge in [-0.1, -0.05) is 17.7 Å². The lowest BCUT2D eigenvalue weighted by molar-refractivity contribution is -0.126. The van der Waals surface area contributed by atoms with Gasteiger partial charge in [0, 0.05) is 31.2 Å². The molecule has 0 aromatic heterocycles. The number of nitrogens with zero attached hydrogens (tertiary/aromatic N) is 1. The first kappa shape index (κ1) is 19.7. The van der Waals surface area contributed by atoms with E-state index < -0.39 is 0 Å². The predicted octanol–water partition coefficient (Wildman–Crippen LogP) is 2.24. The highest BCUT2D eigenvalue weighted by atomic mass is 35.5. The summed E-state index contributed by atoms with van der Waals surface area (Å²) < 4.78 is 0. The maximum Gasteiger partial charge on any atom is 0.227 e. The van der Waals surface area contributed by atoms with Crippen LogP contribution in [0.4, 0.5) is 5.69 Å². The van der Waals surface area contributed by atoms with Crippen LogP contribution >= 0.6 is 12.4 Å². The van der Waals surface area contributed by atoms with Gasteiger partial charge in [-0.2, -0.15) is 0 Å². The molecule has 3 N–H and O–H groups in total. The van der Waals surface area contributed by atoms with Crippen LogP contribution in [0.1, 0.15) is 36.0 Å². The fraction of sp³-hybridized carbons (Fsp3) is 0.579. The molecule has 2 atom stereocenters. The molecule has 2 unspecified atom stereocenters. The maximum atomic E-state index is 12.5. The van der Waals surface area contributed by atoms with Crippen molar-refractivity contribution in [1.29, 1.82) is 0 Å². The van der Waals surface area contributed by atoms with Crippen molar-refractivity contribution in [3.05, 3.63) is 28.8 Å². The van der Waals surface area contributed by atoms with Crippen LogP contribution in [0.5, 0.6) is 0 Å². The minimum Gasteiger partial charge on any atom is -0.354 e. The lowest BCUT2D eigenvalue weighted by atomic mass is 10.0. The molecule has 2 fully saturated rings. The fourth-order valence-electron chi connectivity index (χ4n) is 3.75. The Balaban J connectivity index is 0.00000225. The van der Waals surface area contributed by atoms with E-state index in [1.165, 1.54) is 18.4 Å². The molecule has 6 heteroatoms. The molecule has 1 saturated heterocycles. The van der Waals surface area contributed by atoms with Crippen molar-refractivity contribution in [2.75, 3.05) is 18.0 Å². The first-order valence-electron chi connectivity index (χ1n) is 8.78. The third-order valence-electron chi connectivity index (χ3n) is 5.14. The number of hydrogen-bond acceptors (Lipinski definition) is 3. The number of halogens is 1. The van der Waals surface area contributed by atoms with Crippen LogP contribution in [0.25, 0.3) is 0 Å². The van der Waals surface area contributed by atoms with Crippen molar-refractivity contribution in [1.82, 2.24) is 5.32 Å². The Morgan fingerprint density at radius 3 is 2.44 bits per heavy atom. The van der Waals surface area contributed by atoms with E-state index in [0.29, 0.717) is 19.0 Å². The van der Waals surface area contributed by atoms with Crippen molar-refractivity contribution in [3.63, 3.8) is 0 Å². The monoisotopic (exact) mass is 365 g/mol. The molecule has 2 amide bonds. The lowest BCUT2D eigenvalue weighted by Gasteiger charge is -2.22. The quantitative estimate of drug-likeness (QED) is 0.840. The van der Waals surface area contributed by atoms with Crippen molar-refractivity contribution in [2.24, 2.45) is 17.6 Å². The van der Waals surface area contributed by atoms with E-state index in [4.69, 9.17) is 5.73 Å².